The molecule has 1 aliphatic rings. The smallest absolute Gasteiger partial charge is 0.242 e. The molecule has 0 aliphatic carbocycles. The Labute approximate surface area is 146 Å². The summed E-state index contributed by atoms with van der Waals surface area (Å²) in [6.07, 6.45) is 1.71. The lowest BCUT2D eigenvalue weighted by molar-refractivity contribution is -0.126. The Balaban J connectivity index is 1.76. The molecule has 0 saturated carbocycles. The van der Waals surface area contributed by atoms with Crippen LogP contribution in [0.25, 0.3) is 0 Å². The molecule has 5 heteroatoms. The second-order valence-corrected chi connectivity index (χ2v) is 7.02. The van der Waals surface area contributed by atoms with E-state index in [4.69, 9.17) is 0 Å². The number of carbonyl (C=O) groups is 1. The minimum absolute atomic E-state index is 0.0770. The van der Waals surface area contributed by atoms with Gasteiger partial charge in [0.25, 0.3) is 0 Å². The third-order valence-electron chi connectivity index (χ3n) is 3.74. The van der Waals surface area contributed by atoms with Crippen LogP contribution in [0.2, 0.25) is 0 Å². The van der Waals surface area contributed by atoms with Gasteiger partial charge in [-0.05, 0) is 25.0 Å². The van der Waals surface area contributed by atoms with Crippen molar-refractivity contribution in [1.82, 2.24) is 4.90 Å². The Kier molecular flexibility index (Phi) is 5.11. The van der Waals surface area contributed by atoms with Crippen LogP contribution in [-0.2, 0) is 11.3 Å². The molecule has 3 rings (SSSR count). The SMILES string of the molecule is Cc1ccc(/C=N\N=C2/S[C@H](C)C(=O)N2Cc2ccccc2)cc1. The molecule has 1 amide bonds. The van der Waals surface area contributed by atoms with Gasteiger partial charge in [-0.3, -0.25) is 9.69 Å². The number of benzene rings is 2. The highest BCUT2D eigenvalue weighted by molar-refractivity contribution is 8.15. The molecule has 0 aromatic heterocycles. The second-order valence-electron chi connectivity index (χ2n) is 5.71. The topological polar surface area (TPSA) is 45.0 Å². The third-order valence-corrected chi connectivity index (χ3v) is 4.81. The number of amidine groups is 1. The van der Waals surface area contributed by atoms with Crippen LogP contribution in [0.15, 0.2) is 64.8 Å². The van der Waals surface area contributed by atoms with Crippen molar-refractivity contribution >= 4 is 29.1 Å². The first-order chi connectivity index (χ1) is 11.6. The number of rotatable bonds is 4. The van der Waals surface area contributed by atoms with E-state index in [2.05, 4.69) is 10.2 Å². The summed E-state index contributed by atoms with van der Waals surface area (Å²) in [7, 11) is 0. The number of aryl methyl sites for hydroxylation is 1. The predicted molar refractivity (Wildman–Crippen MR) is 100 cm³/mol. The lowest BCUT2D eigenvalue weighted by Crippen LogP contribution is -2.30. The molecule has 2 aromatic carbocycles. The quantitative estimate of drug-likeness (QED) is 0.628. The van der Waals surface area contributed by atoms with Crippen LogP contribution in [0, 0.1) is 6.92 Å². The van der Waals surface area contributed by atoms with Crippen LogP contribution in [-0.4, -0.2) is 27.4 Å². The van der Waals surface area contributed by atoms with Gasteiger partial charge < -0.3 is 0 Å². The number of hydrogen-bond acceptors (Lipinski definition) is 4. The van der Waals surface area contributed by atoms with E-state index in [0.29, 0.717) is 11.7 Å². The Bertz CT molecular complexity index is 769. The van der Waals surface area contributed by atoms with E-state index in [1.807, 2.05) is 68.4 Å². The molecular formula is C19H19N3OS. The van der Waals surface area contributed by atoms with Crippen LogP contribution in [0.1, 0.15) is 23.6 Å². The van der Waals surface area contributed by atoms with Gasteiger partial charge in [0.05, 0.1) is 18.0 Å². The van der Waals surface area contributed by atoms with Gasteiger partial charge in [-0.1, -0.05) is 71.9 Å². The van der Waals surface area contributed by atoms with Crippen molar-refractivity contribution in [2.45, 2.75) is 25.6 Å². The lowest BCUT2D eigenvalue weighted by Gasteiger charge is -2.15. The first-order valence-electron chi connectivity index (χ1n) is 7.83. The third kappa shape index (κ3) is 3.92. The number of hydrogen-bond donors (Lipinski definition) is 0. The minimum Gasteiger partial charge on any atom is -0.284 e. The highest BCUT2D eigenvalue weighted by Gasteiger charge is 2.35. The maximum Gasteiger partial charge on any atom is 0.242 e. The first kappa shape index (κ1) is 16.5. The normalized spacial score (nSPS) is 19.6. The van der Waals surface area contributed by atoms with Crippen molar-refractivity contribution < 1.29 is 4.79 Å². The highest BCUT2D eigenvalue weighted by Crippen LogP contribution is 2.28. The van der Waals surface area contributed by atoms with Gasteiger partial charge in [-0.15, -0.1) is 5.10 Å². The Morgan fingerprint density at radius 2 is 1.83 bits per heavy atom. The van der Waals surface area contributed by atoms with E-state index in [1.54, 1.807) is 11.1 Å². The van der Waals surface area contributed by atoms with Crippen molar-refractivity contribution in [3.8, 4) is 0 Å². The van der Waals surface area contributed by atoms with Crippen LogP contribution < -0.4 is 0 Å². The van der Waals surface area contributed by atoms with E-state index < -0.39 is 0 Å². The number of thioether (sulfide) groups is 1. The van der Waals surface area contributed by atoms with Gasteiger partial charge in [0.2, 0.25) is 5.91 Å². The summed E-state index contributed by atoms with van der Waals surface area (Å²) >= 11 is 1.45. The molecule has 1 fully saturated rings. The summed E-state index contributed by atoms with van der Waals surface area (Å²) in [6, 6.07) is 18.0. The number of nitrogens with zero attached hydrogens (tertiary/aromatic N) is 3. The molecule has 122 valence electrons. The zero-order chi connectivity index (χ0) is 16.9. The van der Waals surface area contributed by atoms with Gasteiger partial charge in [0.1, 0.15) is 0 Å². The molecule has 2 aromatic rings. The van der Waals surface area contributed by atoms with Gasteiger partial charge in [-0.2, -0.15) is 5.10 Å². The molecule has 1 saturated heterocycles. The van der Waals surface area contributed by atoms with Crippen molar-refractivity contribution in [2.24, 2.45) is 10.2 Å². The molecule has 0 N–H and O–H groups in total. The summed E-state index contributed by atoms with van der Waals surface area (Å²) in [5, 5.41) is 8.97. The summed E-state index contributed by atoms with van der Waals surface area (Å²) in [5.41, 5.74) is 3.27. The maximum absolute atomic E-state index is 12.4. The standard InChI is InChI=1S/C19H19N3OS/c1-14-8-10-16(11-9-14)12-20-21-19-22(18(23)15(2)24-19)13-17-6-4-3-5-7-17/h3-12,15H,13H2,1-2H3/b20-12-,21-19-/t15-/m1/s1. The van der Waals surface area contributed by atoms with Crippen molar-refractivity contribution in [2.75, 3.05) is 0 Å². The Hall–Kier alpha value is -2.40. The van der Waals surface area contributed by atoms with Crippen molar-refractivity contribution in [1.29, 1.82) is 0 Å². The molecule has 24 heavy (non-hydrogen) atoms. The summed E-state index contributed by atoms with van der Waals surface area (Å²) in [6.45, 7) is 4.47. The monoisotopic (exact) mass is 337 g/mol. The summed E-state index contributed by atoms with van der Waals surface area (Å²) in [5.74, 6) is 0.0770. The molecule has 0 radical (unpaired) electrons. The maximum atomic E-state index is 12.4. The van der Waals surface area contributed by atoms with E-state index in [9.17, 15) is 4.79 Å². The van der Waals surface area contributed by atoms with Gasteiger partial charge >= 0.3 is 0 Å². The molecular weight excluding hydrogens is 318 g/mol. The average molecular weight is 337 g/mol. The Morgan fingerprint density at radius 3 is 2.54 bits per heavy atom. The van der Waals surface area contributed by atoms with Gasteiger partial charge in [0, 0.05) is 0 Å². The molecule has 4 nitrogen and oxygen atoms in total. The van der Waals surface area contributed by atoms with Gasteiger partial charge in [-0.25, -0.2) is 0 Å². The van der Waals surface area contributed by atoms with Crippen LogP contribution in [0.4, 0.5) is 0 Å². The zero-order valence-electron chi connectivity index (χ0n) is 13.7. The molecule has 0 unspecified atom stereocenters. The minimum atomic E-state index is -0.123. The number of amides is 1. The molecule has 1 atom stereocenters. The zero-order valence-corrected chi connectivity index (χ0v) is 14.5. The first-order valence-corrected chi connectivity index (χ1v) is 8.71. The largest absolute Gasteiger partial charge is 0.284 e. The second kappa shape index (κ2) is 7.45. The van der Waals surface area contributed by atoms with E-state index in [-0.39, 0.29) is 11.2 Å². The summed E-state index contributed by atoms with van der Waals surface area (Å²) < 4.78 is 0. The molecule has 0 bridgehead atoms. The predicted octanol–water partition coefficient (Wildman–Crippen LogP) is 3.85. The number of carbonyl (C=O) groups excluding carboxylic acids is 1. The van der Waals surface area contributed by atoms with Crippen LogP contribution in [0.5, 0.6) is 0 Å². The van der Waals surface area contributed by atoms with Gasteiger partial charge in [0.15, 0.2) is 5.17 Å². The Morgan fingerprint density at radius 1 is 1.12 bits per heavy atom. The molecule has 0 spiro atoms. The van der Waals surface area contributed by atoms with Crippen LogP contribution in [0.3, 0.4) is 0 Å². The fraction of sp³-hybridized carbons (Fsp3) is 0.211. The van der Waals surface area contributed by atoms with E-state index >= 15 is 0 Å². The lowest BCUT2D eigenvalue weighted by atomic mass is 10.2. The fourth-order valence-corrected chi connectivity index (χ4v) is 3.29. The molecule has 1 aliphatic heterocycles. The van der Waals surface area contributed by atoms with E-state index in [1.165, 1.54) is 17.3 Å². The fourth-order valence-electron chi connectivity index (χ4n) is 2.37. The van der Waals surface area contributed by atoms with E-state index in [0.717, 1.165) is 11.1 Å². The molecule has 1 heterocycles. The van der Waals surface area contributed by atoms with Crippen molar-refractivity contribution in [3.05, 3.63) is 71.3 Å². The summed E-state index contributed by atoms with van der Waals surface area (Å²) in [4.78, 5) is 14.1. The van der Waals surface area contributed by atoms with Crippen LogP contribution >= 0.6 is 11.8 Å². The average Bonchev–Trinajstić information content (AvgIpc) is 2.85. The van der Waals surface area contributed by atoms with Crippen molar-refractivity contribution in [3.63, 3.8) is 0 Å². The highest BCUT2D eigenvalue weighted by atomic mass is 32.2.